The lowest BCUT2D eigenvalue weighted by Crippen LogP contribution is -2.52. The number of carbonyl (C=O) groups excluding carboxylic acids is 3. The number of nitrogens with one attached hydrogen (secondary N) is 2. The number of likely N-dealkylation sites (tertiary alicyclic amines) is 1. The van der Waals surface area contributed by atoms with Gasteiger partial charge in [0.15, 0.2) is 0 Å². The highest BCUT2D eigenvalue weighted by Gasteiger charge is 2.34. The van der Waals surface area contributed by atoms with Gasteiger partial charge < -0.3 is 19.9 Å². The molecule has 3 aromatic carbocycles. The molecule has 5 aromatic rings. The molecular formula is C38H38N4O4S. The van der Waals surface area contributed by atoms with Gasteiger partial charge in [0, 0.05) is 41.9 Å². The quantitative estimate of drug-likeness (QED) is 0.122. The van der Waals surface area contributed by atoms with Crippen molar-refractivity contribution in [3.05, 3.63) is 132 Å². The van der Waals surface area contributed by atoms with E-state index in [1.54, 1.807) is 31.3 Å². The SMILES string of the molecule is CCOC(=O)c1cccnc1SC[C@H](NC(=O)c1cc2ccccc2[nH]1)C(=O)N1CCC(C(c2ccccc2)c2ccccc2)CC1. The molecule has 0 aliphatic carbocycles. The van der Waals surface area contributed by atoms with Crippen molar-refractivity contribution < 1.29 is 19.1 Å². The van der Waals surface area contributed by atoms with E-state index in [1.807, 2.05) is 41.3 Å². The normalized spacial score (nSPS) is 14.2. The van der Waals surface area contributed by atoms with Crippen LogP contribution in [-0.2, 0) is 9.53 Å². The molecule has 0 unspecified atom stereocenters. The summed E-state index contributed by atoms with van der Waals surface area (Å²) < 4.78 is 5.22. The molecule has 2 amide bonds. The number of piperidine rings is 1. The van der Waals surface area contributed by atoms with Gasteiger partial charge in [-0.3, -0.25) is 9.59 Å². The monoisotopic (exact) mass is 646 g/mol. The Morgan fingerprint density at radius 2 is 1.57 bits per heavy atom. The summed E-state index contributed by atoms with van der Waals surface area (Å²) in [6.45, 7) is 3.16. The summed E-state index contributed by atoms with van der Waals surface area (Å²) in [7, 11) is 0. The van der Waals surface area contributed by atoms with E-state index in [0.29, 0.717) is 35.3 Å². The lowest BCUT2D eigenvalue weighted by atomic mass is 9.76. The number of hydrogen-bond donors (Lipinski definition) is 2. The second kappa shape index (κ2) is 15.1. The molecule has 1 aliphatic rings. The summed E-state index contributed by atoms with van der Waals surface area (Å²) >= 11 is 1.26. The van der Waals surface area contributed by atoms with E-state index in [4.69, 9.17) is 4.74 Å². The lowest BCUT2D eigenvalue weighted by molar-refractivity contribution is -0.134. The van der Waals surface area contributed by atoms with Crippen LogP contribution in [0.1, 0.15) is 57.7 Å². The molecule has 1 fully saturated rings. The third-order valence-electron chi connectivity index (χ3n) is 8.67. The van der Waals surface area contributed by atoms with Gasteiger partial charge in [0.05, 0.1) is 12.2 Å². The second-order valence-electron chi connectivity index (χ2n) is 11.6. The van der Waals surface area contributed by atoms with Gasteiger partial charge in [-0.25, -0.2) is 9.78 Å². The molecule has 1 aliphatic heterocycles. The third kappa shape index (κ3) is 7.58. The van der Waals surface area contributed by atoms with Crippen molar-refractivity contribution >= 4 is 40.4 Å². The summed E-state index contributed by atoms with van der Waals surface area (Å²) in [5.74, 6) is -0.196. The first-order chi connectivity index (χ1) is 23.0. The van der Waals surface area contributed by atoms with Gasteiger partial charge in [-0.2, -0.15) is 0 Å². The van der Waals surface area contributed by atoms with Crippen molar-refractivity contribution in [1.29, 1.82) is 0 Å². The molecule has 3 heterocycles. The Bertz CT molecular complexity index is 1750. The van der Waals surface area contributed by atoms with Gasteiger partial charge >= 0.3 is 5.97 Å². The number of fused-ring (bicyclic) bond motifs is 1. The number of thioether (sulfide) groups is 1. The molecule has 9 heteroatoms. The molecule has 240 valence electrons. The number of benzene rings is 3. The highest BCUT2D eigenvalue weighted by Crippen LogP contribution is 2.38. The molecular weight excluding hydrogens is 609 g/mol. The van der Waals surface area contributed by atoms with Crippen LogP contribution >= 0.6 is 11.8 Å². The van der Waals surface area contributed by atoms with Crippen molar-refractivity contribution in [2.75, 3.05) is 25.4 Å². The molecule has 0 radical (unpaired) electrons. The number of aromatic nitrogens is 2. The Morgan fingerprint density at radius 3 is 2.23 bits per heavy atom. The van der Waals surface area contributed by atoms with Gasteiger partial charge in [0.1, 0.15) is 16.8 Å². The second-order valence-corrected chi connectivity index (χ2v) is 12.7. The maximum Gasteiger partial charge on any atom is 0.340 e. The first-order valence-electron chi connectivity index (χ1n) is 16.0. The maximum atomic E-state index is 14.2. The Labute approximate surface area is 278 Å². The fourth-order valence-corrected chi connectivity index (χ4v) is 7.36. The average Bonchev–Trinajstić information content (AvgIpc) is 3.56. The first kappa shape index (κ1) is 32.1. The Morgan fingerprint density at radius 1 is 0.915 bits per heavy atom. The minimum absolute atomic E-state index is 0.148. The zero-order valence-corrected chi connectivity index (χ0v) is 27.1. The fraction of sp³-hybridized carbons (Fsp3) is 0.263. The molecule has 2 aromatic heterocycles. The van der Waals surface area contributed by atoms with E-state index in [1.165, 1.54) is 22.9 Å². The average molecular weight is 647 g/mol. The van der Waals surface area contributed by atoms with Crippen molar-refractivity contribution in [3.8, 4) is 0 Å². The number of para-hydroxylation sites is 1. The standard InChI is InChI=1S/C38H38N4O4S/c1-2-46-38(45)30-17-11-21-39-36(30)47-25-33(41-35(43)32-24-29-16-9-10-18-31(29)40-32)37(44)42-22-19-28(20-23-42)34(26-12-5-3-6-13-26)27-14-7-4-8-15-27/h3-18,21,24,28,33-34,40H,2,19-20,22-23,25H2,1H3,(H,41,43)/t33-/m0/s1. The summed E-state index contributed by atoms with van der Waals surface area (Å²) in [5.41, 5.74) is 4.11. The highest BCUT2D eigenvalue weighted by molar-refractivity contribution is 7.99. The van der Waals surface area contributed by atoms with Crippen LogP contribution in [0.4, 0.5) is 0 Å². The van der Waals surface area contributed by atoms with E-state index in [2.05, 4.69) is 63.8 Å². The number of H-pyrrole nitrogens is 1. The van der Waals surface area contributed by atoms with Crippen LogP contribution in [0.2, 0.25) is 0 Å². The molecule has 8 nitrogen and oxygen atoms in total. The summed E-state index contributed by atoms with van der Waals surface area (Å²) in [6, 6.07) is 33.1. The number of aromatic amines is 1. The zero-order valence-electron chi connectivity index (χ0n) is 26.3. The smallest absolute Gasteiger partial charge is 0.340 e. The number of rotatable bonds is 11. The van der Waals surface area contributed by atoms with E-state index >= 15 is 0 Å². The number of amides is 2. The predicted molar refractivity (Wildman–Crippen MR) is 185 cm³/mol. The summed E-state index contributed by atoms with van der Waals surface area (Å²) in [6.07, 6.45) is 3.28. The van der Waals surface area contributed by atoms with Gasteiger partial charge in [-0.15, -0.1) is 11.8 Å². The van der Waals surface area contributed by atoms with E-state index in [9.17, 15) is 14.4 Å². The van der Waals surface area contributed by atoms with Gasteiger partial charge in [0.25, 0.3) is 5.91 Å². The van der Waals surface area contributed by atoms with Crippen LogP contribution in [-0.4, -0.2) is 64.1 Å². The van der Waals surface area contributed by atoms with Crippen molar-refractivity contribution in [2.45, 2.75) is 36.8 Å². The highest BCUT2D eigenvalue weighted by atomic mass is 32.2. The number of hydrogen-bond acceptors (Lipinski definition) is 6. The molecule has 2 N–H and O–H groups in total. The van der Waals surface area contributed by atoms with E-state index < -0.39 is 12.0 Å². The molecule has 0 bridgehead atoms. The van der Waals surface area contributed by atoms with E-state index in [0.717, 1.165) is 23.7 Å². The van der Waals surface area contributed by atoms with Crippen LogP contribution in [0, 0.1) is 5.92 Å². The zero-order chi connectivity index (χ0) is 32.6. The number of pyridine rings is 1. The summed E-state index contributed by atoms with van der Waals surface area (Å²) in [5, 5.41) is 4.36. The molecule has 0 spiro atoms. The van der Waals surface area contributed by atoms with Crippen LogP contribution in [0.25, 0.3) is 10.9 Å². The molecule has 1 atom stereocenters. The van der Waals surface area contributed by atoms with Gasteiger partial charge in [-0.1, -0.05) is 78.9 Å². The third-order valence-corrected chi connectivity index (χ3v) is 9.77. The van der Waals surface area contributed by atoms with Crippen LogP contribution in [0.5, 0.6) is 0 Å². The van der Waals surface area contributed by atoms with Crippen LogP contribution in [0.15, 0.2) is 114 Å². The first-order valence-corrected chi connectivity index (χ1v) is 17.0. The largest absolute Gasteiger partial charge is 0.462 e. The minimum atomic E-state index is -0.841. The molecule has 6 rings (SSSR count). The van der Waals surface area contributed by atoms with Crippen LogP contribution < -0.4 is 5.32 Å². The topological polar surface area (TPSA) is 104 Å². The summed E-state index contributed by atoms with van der Waals surface area (Å²) in [4.78, 5) is 49.7. The van der Waals surface area contributed by atoms with Crippen LogP contribution in [0.3, 0.4) is 0 Å². The maximum absolute atomic E-state index is 14.2. The Hall–Kier alpha value is -4.89. The molecule has 1 saturated heterocycles. The van der Waals surface area contributed by atoms with Crippen molar-refractivity contribution in [2.24, 2.45) is 5.92 Å². The van der Waals surface area contributed by atoms with Gasteiger partial charge in [-0.05, 0) is 61.1 Å². The number of carbonyl (C=O) groups is 3. The Balaban J connectivity index is 1.20. The number of ether oxygens (including phenoxy) is 1. The minimum Gasteiger partial charge on any atom is -0.462 e. The number of nitrogens with zero attached hydrogens (tertiary/aromatic N) is 2. The fourth-order valence-electron chi connectivity index (χ4n) is 6.37. The van der Waals surface area contributed by atoms with E-state index in [-0.39, 0.29) is 30.1 Å². The number of esters is 1. The van der Waals surface area contributed by atoms with Gasteiger partial charge in [0.2, 0.25) is 5.91 Å². The van der Waals surface area contributed by atoms with Crippen molar-refractivity contribution in [3.63, 3.8) is 0 Å². The molecule has 0 saturated carbocycles. The van der Waals surface area contributed by atoms with Crippen molar-refractivity contribution in [1.82, 2.24) is 20.2 Å². The molecule has 47 heavy (non-hydrogen) atoms. The Kier molecular flexibility index (Phi) is 10.3. The lowest BCUT2D eigenvalue weighted by Gasteiger charge is -2.38. The predicted octanol–water partition coefficient (Wildman–Crippen LogP) is 6.70.